The highest BCUT2D eigenvalue weighted by Gasteiger charge is 2.28. The third-order valence-corrected chi connectivity index (χ3v) is 5.98. The molecule has 0 bridgehead atoms. The molecule has 178 valence electrons. The van der Waals surface area contributed by atoms with Crippen molar-refractivity contribution in [3.8, 4) is 5.75 Å². The maximum absolute atomic E-state index is 13.6. The molecule has 0 amide bonds. The van der Waals surface area contributed by atoms with Crippen molar-refractivity contribution >= 4 is 5.97 Å². The van der Waals surface area contributed by atoms with Crippen LogP contribution in [0, 0.1) is 0 Å². The van der Waals surface area contributed by atoms with E-state index >= 15 is 0 Å². The van der Waals surface area contributed by atoms with Gasteiger partial charge in [-0.05, 0) is 40.8 Å². The number of hydrogen-bond acceptors (Lipinski definition) is 4. The molecule has 0 spiro atoms. The molecule has 4 aromatic rings. The smallest absolute Gasteiger partial charge is 0.324 e. The van der Waals surface area contributed by atoms with E-state index in [1.54, 1.807) is 7.11 Å². The fourth-order valence-corrected chi connectivity index (χ4v) is 4.08. The van der Waals surface area contributed by atoms with Gasteiger partial charge in [0.05, 0.1) is 7.11 Å². The van der Waals surface area contributed by atoms with Crippen molar-refractivity contribution in [3.05, 3.63) is 138 Å². The maximum Gasteiger partial charge on any atom is 0.324 e. The number of methoxy groups -OCH3 is 1. The molecule has 0 saturated heterocycles. The lowest BCUT2D eigenvalue weighted by molar-refractivity contribution is -0.152. The molecule has 0 aliphatic rings. The molecule has 0 aliphatic carbocycles. The number of hydrogen-bond donors (Lipinski definition) is 0. The van der Waals surface area contributed by atoms with E-state index in [0.29, 0.717) is 19.5 Å². The number of ether oxygens (including phenoxy) is 2. The number of esters is 1. The van der Waals surface area contributed by atoms with Crippen LogP contribution in [0.2, 0.25) is 0 Å². The Bertz CT molecular complexity index is 1120. The quantitative estimate of drug-likeness (QED) is 0.253. The van der Waals surface area contributed by atoms with Crippen molar-refractivity contribution in [1.29, 1.82) is 0 Å². The van der Waals surface area contributed by atoms with Gasteiger partial charge in [0.25, 0.3) is 0 Å². The van der Waals surface area contributed by atoms with Gasteiger partial charge in [-0.1, -0.05) is 103 Å². The molecule has 0 saturated carbocycles. The normalized spacial score (nSPS) is 11.7. The molecule has 0 radical (unpaired) electrons. The third kappa shape index (κ3) is 7.29. The summed E-state index contributed by atoms with van der Waals surface area (Å²) in [5, 5.41) is 0. The van der Waals surface area contributed by atoms with Gasteiger partial charge < -0.3 is 9.47 Å². The molecule has 4 nitrogen and oxygen atoms in total. The molecule has 1 atom stereocenters. The molecule has 0 aromatic heterocycles. The number of benzene rings is 4. The number of carbonyl (C=O) groups excluding carboxylic acids is 1. The van der Waals surface area contributed by atoms with Crippen molar-refractivity contribution in [2.45, 2.75) is 32.2 Å². The zero-order chi connectivity index (χ0) is 24.3. The van der Waals surface area contributed by atoms with Gasteiger partial charge in [0.15, 0.2) is 0 Å². The standard InChI is InChI=1S/C31H31NO3/c1-34-29-19-17-25(18-20-29)21-30(31(33)35-24-28-15-9-4-10-16-28)32(22-26-11-5-2-6-12-26)23-27-13-7-3-8-14-27/h2-20,30H,21-24H2,1H3/t30-/m0/s1. The Morgan fingerprint density at radius 1 is 0.657 bits per heavy atom. The summed E-state index contributed by atoms with van der Waals surface area (Å²) in [6.45, 7) is 1.53. The maximum atomic E-state index is 13.6. The van der Waals surface area contributed by atoms with Crippen LogP contribution >= 0.6 is 0 Å². The summed E-state index contributed by atoms with van der Waals surface area (Å²) in [5.41, 5.74) is 4.33. The van der Waals surface area contributed by atoms with Crippen LogP contribution in [0.4, 0.5) is 0 Å². The second kappa shape index (κ2) is 12.5. The highest BCUT2D eigenvalue weighted by molar-refractivity contribution is 5.76. The minimum atomic E-state index is -0.451. The van der Waals surface area contributed by atoms with Crippen molar-refractivity contribution in [2.75, 3.05) is 7.11 Å². The zero-order valence-electron chi connectivity index (χ0n) is 20.0. The molecule has 35 heavy (non-hydrogen) atoms. The second-order valence-electron chi connectivity index (χ2n) is 8.54. The number of carbonyl (C=O) groups is 1. The van der Waals surface area contributed by atoms with Gasteiger partial charge in [-0.3, -0.25) is 9.69 Å². The lowest BCUT2D eigenvalue weighted by atomic mass is 10.0. The van der Waals surface area contributed by atoms with Gasteiger partial charge in [-0.2, -0.15) is 0 Å². The first-order chi connectivity index (χ1) is 17.2. The molecule has 4 aromatic carbocycles. The van der Waals surface area contributed by atoms with Gasteiger partial charge >= 0.3 is 5.97 Å². The van der Waals surface area contributed by atoms with Crippen molar-refractivity contribution in [1.82, 2.24) is 4.90 Å². The first-order valence-electron chi connectivity index (χ1n) is 11.9. The van der Waals surface area contributed by atoms with Crippen LogP contribution in [0.1, 0.15) is 22.3 Å². The van der Waals surface area contributed by atoms with E-state index in [-0.39, 0.29) is 12.6 Å². The number of nitrogens with zero attached hydrogens (tertiary/aromatic N) is 1. The van der Waals surface area contributed by atoms with Gasteiger partial charge in [-0.25, -0.2) is 0 Å². The summed E-state index contributed by atoms with van der Waals surface area (Å²) in [6.07, 6.45) is 0.539. The molecule has 4 rings (SSSR count). The van der Waals surface area contributed by atoms with Crippen molar-refractivity contribution < 1.29 is 14.3 Å². The fraction of sp³-hybridized carbons (Fsp3) is 0.194. The van der Waals surface area contributed by atoms with Crippen LogP contribution < -0.4 is 4.74 Å². The minimum Gasteiger partial charge on any atom is -0.497 e. The Morgan fingerprint density at radius 3 is 1.63 bits per heavy atom. The van der Waals surface area contributed by atoms with Crippen LogP contribution in [0.25, 0.3) is 0 Å². The Kier molecular flexibility index (Phi) is 8.68. The van der Waals surface area contributed by atoms with Gasteiger partial charge in [0.2, 0.25) is 0 Å². The Labute approximate surface area is 207 Å². The van der Waals surface area contributed by atoms with Gasteiger partial charge in [0, 0.05) is 13.1 Å². The Morgan fingerprint density at radius 2 is 1.14 bits per heavy atom. The van der Waals surface area contributed by atoms with E-state index in [4.69, 9.17) is 9.47 Å². The van der Waals surface area contributed by atoms with Crippen molar-refractivity contribution in [2.24, 2.45) is 0 Å². The van der Waals surface area contributed by atoms with E-state index < -0.39 is 6.04 Å². The molecule has 0 heterocycles. The SMILES string of the molecule is COc1ccc(C[C@@H](C(=O)OCc2ccccc2)N(Cc2ccccc2)Cc2ccccc2)cc1. The zero-order valence-corrected chi connectivity index (χ0v) is 20.0. The van der Waals surface area contributed by atoms with Crippen molar-refractivity contribution in [3.63, 3.8) is 0 Å². The molecule has 0 aliphatic heterocycles. The molecule has 4 heteroatoms. The molecule has 0 fully saturated rings. The minimum absolute atomic E-state index is 0.225. The van der Waals surface area contributed by atoms with E-state index in [0.717, 1.165) is 28.0 Å². The average molecular weight is 466 g/mol. The van der Waals surface area contributed by atoms with E-state index in [9.17, 15) is 4.79 Å². The van der Waals surface area contributed by atoms with Gasteiger partial charge in [0.1, 0.15) is 18.4 Å². The largest absolute Gasteiger partial charge is 0.497 e. The number of rotatable bonds is 11. The van der Waals surface area contributed by atoms with E-state index in [1.165, 1.54) is 0 Å². The van der Waals surface area contributed by atoms with Crippen LogP contribution in [0.15, 0.2) is 115 Å². The van der Waals surface area contributed by atoms with E-state index in [1.807, 2.05) is 91.0 Å². The first kappa shape index (κ1) is 24.2. The van der Waals surface area contributed by atoms with Crippen LogP contribution in [0.3, 0.4) is 0 Å². The Hall–Kier alpha value is -3.89. The summed E-state index contributed by atoms with van der Waals surface area (Å²) < 4.78 is 11.2. The molecular weight excluding hydrogens is 434 g/mol. The highest BCUT2D eigenvalue weighted by atomic mass is 16.5. The highest BCUT2D eigenvalue weighted by Crippen LogP contribution is 2.20. The first-order valence-corrected chi connectivity index (χ1v) is 11.9. The topological polar surface area (TPSA) is 38.8 Å². The summed E-state index contributed by atoms with van der Waals surface area (Å²) >= 11 is 0. The molecule has 0 unspecified atom stereocenters. The van der Waals surface area contributed by atoms with Crippen LogP contribution in [-0.4, -0.2) is 24.0 Å². The molecule has 0 N–H and O–H groups in total. The van der Waals surface area contributed by atoms with E-state index in [2.05, 4.69) is 29.2 Å². The predicted molar refractivity (Wildman–Crippen MR) is 139 cm³/mol. The summed E-state index contributed by atoms with van der Waals surface area (Å²) in [6, 6.07) is 37.8. The molecular formula is C31H31NO3. The van der Waals surface area contributed by atoms with Gasteiger partial charge in [-0.15, -0.1) is 0 Å². The lowest BCUT2D eigenvalue weighted by Gasteiger charge is -2.31. The summed E-state index contributed by atoms with van der Waals surface area (Å²) in [7, 11) is 1.65. The van der Waals surface area contributed by atoms with Crippen LogP contribution in [0.5, 0.6) is 5.75 Å². The monoisotopic (exact) mass is 465 g/mol. The van der Waals surface area contributed by atoms with Crippen LogP contribution in [-0.2, 0) is 35.6 Å². The average Bonchev–Trinajstić information content (AvgIpc) is 2.92. The predicted octanol–water partition coefficient (Wildman–Crippen LogP) is 6.05. The second-order valence-corrected chi connectivity index (χ2v) is 8.54. The fourth-order valence-electron chi connectivity index (χ4n) is 4.08. The Balaban J connectivity index is 1.61. The third-order valence-electron chi connectivity index (χ3n) is 5.98. The summed E-state index contributed by atoms with van der Waals surface area (Å²) in [4.78, 5) is 15.8. The summed E-state index contributed by atoms with van der Waals surface area (Å²) in [5.74, 6) is 0.568. The lowest BCUT2D eigenvalue weighted by Crippen LogP contribution is -2.43.